The summed E-state index contributed by atoms with van der Waals surface area (Å²) >= 11 is 0. The minimum atomic E-state index is -3.83. The van der Waals surface area contributed by atoms with Crippen LogP contribution in [0.5, 0.6) is 0 Å². The number of aliphatic carboxylic acids is 1. The Morgan fingerprint density at radius 2 is 2.00 bits per heavy atom. The Morgan fingerprint density at radius 1 is 1.42 bits per heavy atom. The highest BCUT2D eigenvalue weighted by molar-refractivity contribution is 7.89. The van der Waals surface area contributed by atoms with E-state index in [-0.39, 0.29) is 18.9 Å². The van der Waals surface area contributed by atoms with Crippen LogP contribution in [0, 0.1) is 5.92 Å². The lowest BCUT2D eigenvalue weighted by atomic mass is 9.98. The molecule has 0 radical (unpaired) electrons. The molecule has 0 heterocycles. The van der Waals surface area contributed by atoms with Gasteiger partial charge in [-0.25, -0.2) is 8.42 Å². The van der Waals surface area contributed by atoms with Crippen LogP contribution in [-0.4, -0.2) is 43.4 Å². The molecular weight excluding hydrogens is 274 g/mol. The second kappa shape index (κ2) is 5.87. The fourth-order valence-corrected chi connectivity index (χ4v) is 3.22. The molecule has 0 aromatic rings. The average molecular weight is 293 g/mol. The van der Waals surface area contributed by atoms with Crippen molar-refractivity contribution in [3.8, 4) is 0 Å². The molecule has 1 fully saturated rings. The van der Waals surface area contributed by atoms with Crippen molar-refractivity contribution in [2.45, 2.75) is 38.6 Å². The van der Waals surface area contributed by atoms with Gasteiger partial charge in [0.25, 0.3) is 0 Å². The number of ether oxygens (including phenoxy) is 1. The molecule has 0 aromatic heterocycles. The van der Waals surface area contributed by atoms with Crippen molar-refractivity contribution in [3.63, 3.8) is 0 Å². The SMILES string of the molecule is CCOC(=O)CCS(=O)(=O)NC(C)(C(=O)O)C1CC1. The van der Waals surface area contributed by atoms with Crippen molar-refractivity contribution in [2.24, 2.45) is 5.92 Å². The summed E-state index contributed by atoms with van der Waals surface area (Å²) in [7, 11) is -3.83. The summed E-state index contributed by atoms with van der Waals surface area (Å²) in [6, 6.07) is 0. The number of rotatable bonds is 8. The first-order valence-corrected chi connectivity index (χ1v) is 7.77. The van der Waals surface area contributed by atoms with Crippen LogP contribution in [0.15, 0.2) is 0 Å². The Hall–Kier alpha value is -1.15. The normalized spacial score (nSPS) is 18.6. The number of nitrogens with one attached hydrogen (secondary N) is 1. The zero-order valence-electron chi connectivity index (χ0n) is 11.0. The van der Waals surface area contributed by atoms with Gasteiger partial charge in [-0.1, -0.05) is 0 Å². The molecule has 110 valence electrons. The van der Waals surface area contributed by atoms with Crippen molar-refractivity contribution >= 4 is 22.0 Å². The van der Waals surface area contributed by atoms with Gasteiger partial charge >= 0.3 is 11.9 Å². The zero-order chi connectivity index (χ0) is 14.7. The van der Waals surface area contributed by atoms with Crippen LogP contribution in [0.2, 0.25) is 0 Å². The molecule has 0 spiro atoms. The Labute approximate surface area is 112 Å². The van der Waals surface area contributed by atoms with Crippen molar-refractivity contribution in [1.29, 1.82) is 0 Å². The lowest BCUT2D eigenvalue weighted by Gasteiger charge is -2.25. The van der Waals surface area contributed by atoms with Crippen LogP contribution in [0.3, 0.4) is 0 Å². The Bertz CT molecular complexity index is 456. The second-order valence-electron chi connectivity index (χ2n) is 4.76. The number of carboxylic acid groups (broad SMARTS) is 1. The second-order valence-corrected chi connectivity index (χ2v) is 6.60. The molecule has 0 bridgehead atoms. The van der Waals surface area contributed by atoms with Gasteiger partial charge in [-0.2, -0.15) is 4.72 Å². The van der Waals surface area contributed by atoms with Crippen LogP contribution in [0.25, 0.3) is 0 Å². The Morgan fingerprint density at radius 3 is 2.42 bits per heavy atom. The van der Waals surface area contributed by atoms with Gasteiger partial charge in [0, 0.05) is 0 Å². The molecule has 8 heteroatoms. The molecule has 0 amide bonds. The number of carboxylic acids is 1. The summed E-state index contributed by atoms with van der Waals surface area (Å²) in [5, 5.41) is 9.15. The van der Waals surface area contributed by atoms with Crippen LogP contribution in [0.4, 0.5) is 0 Å². The number of carbonyl (C=O) groups excluding carboxylic acids is 1. The lowest BCUT2D eigenvalue weighted by molar-refractivity contribution is -0.144. The molecule has 1 rings (SSSR count). The number of esters is 1. The van der Waals surface area contributed by atoms with E-state index in [0.29, 0.717) is 12.8 Å². The van der Waals surface area contributed by atoms with Crippen molar-refractivity contribution in [1.82, 2.24) is 4.72 Å². The van der Waals surface area contributed by atoms with Gasteiger partial charge in [-0.3, -0.25) is 9.59 Å². The Kier molecular flexibility index (Phi) is 4.92. The van der Waals surface area contributed by atoms with Crippen LogP contribution in [-0.2, 0) is 24.3 Å². The molecule has 1 saturated carbocycles. The highest BCUT2D eigenvalue weighted by atomic mass is 32.2. The largest absolute Gasteiger partial charge is 0.480 e. The van der Waals surface area contributed by atoms with Crippen molar-refractivity contribution in [3.05, 3.63) is 0 Å². The quantitative estimate of drug-likeness (QED) is 0.615. The molecule has 0 aliphatic heterocycles. The summed E-state index contributed by atoms with van der Waals surface area (Å²) in [4.78, 5) is 22.3. The van der Waals surface area contributed by atoms with Gasteiger partial charge < -0.3 is 9.84 Å². The maximum Gasteiger partial charge on any atom is 0.324 e. The summed E-state index contributed by atoms with van der Waals surface area (Å²) in [6.07, 6.45) is 1.08. The molecule has 1 aliphatic carbocycles. The van der Waals surface area contributed by atoms with E-state index in [4.69, 9.17) is 5.11 Å². The molecule has 1 aliphatic rings. The number of carbonyl (C=O) groups is 2. The van der Waals surface area contributed by atoms with Crippen LogP contribution < -0.4 is 4.72 Å². The first kappa shape index (κ1) is 15.9. The van der Waals surface area contributed by atoms with Gasteiger partial charge in [-0.15, -0.1) is 0 Å². The maximum absolute atomic E-state index is 11.8. The predicted octanol–water partition coefficient (Wildman–Crippen LogP) is 0.112. The molecule has 1 unspecified atom stereocenters. The molecule has 2 N–H and O–H groups in total. The predicted molar refractivity (Wildman–Crippen MR) is 66.9 cm³/mol. The van der Waals surface area contributed by atoms with E-state index < -0.39 is 33.3 Å². The van der Waals surface area contributed by atoms with Gasteiger partial charge in [0.2, 0.25) is 10.0 Å². The average Bonchev–Trinajstić information content (AvgIpc) is 3.10. The summed E-state index contributed by atoms with van der Waals surface area (Å²) in [5.41, 5.74) is -1.49. The Balaban J connectivity index is 2.62. The molecule has 1 atom stereocenters. The zero-order valence-corrected chi connectivity index (χ0v) is 11.8. The van der Waals surface area contributed by atoms with E-state index in [2.05, 4.69) is 9.46 Å². The molecule has 7 nitrogen and oxygen atoms in total. The maximum atomic E-state index is 11.8. The van der Waals surface area contributed by atoms with Gasteiger partial charge in [-0.05, 0) is 32.6 Å². The van der Waals surface area contributed by atoms with Crippen molar-refractivity contribution in [2.75, 3.05) is 12.4 Å². The van der Waals surface area contributed by atoms with Gasteiger partial charge in [0.1, 0.15) is 5.54 Å². The first-order chi connectivity index (χ1) is 8.71. The van der Waals surface area contributed by atoms with E-state index in [0.717, 1.165) is 0 Å². The monoisotopic (exact) mass is 293 g/mol. The topological polar surface area (TPSA) is 110 Å². The molecular formula is C11H19NO6S. The lowest BCUT2D eigenvalue weighted by Crippen LogP contribution is -2.54. The highest BCUT2D eigenvalue weighted by Crippen LogP contribution is 2.40. The number of sulfonamides is 1. The third-order valence-corrected chi connectivity index (χ3v) is 4.56. The summed E-state index contributed by atoms with van der Waals surface area (Å²) in [6.45, 7) is 3.16. The van der Waals surface area contributed by atoms with E-state index in [1.165, 1.54) is 6.92 Å². The van der Waals surface area contributed by atoms with E-state index in [9.17, 15) is 18.0 Å². The van der Waals surface area contributed by atoms with Crippen LogP contribution in [0.1, 0.15) is 33.1 Å². The minimum Gasteiger partial charge on any atom is -0.480 e. The molecule has 19 heavy (non-hydrogen) atoms. The van der Waals surface area contributed by atoms with Gasteiger partial charge in [0.15, 0.2) is 0 Å². The fraction of sp³-hybridized carbons (Fsp3) is 0.818. The molecule has 0 saturated heterocycles. The molecule has 0 aromatic carbocycles. The van der Waals surface area contributed by atoms with E-state index >= 15 is 0 Å². The third kappa shape index (κ3) is 4.46. The third-order valence-electron chi connectivity index (χ3n) is 3.09. The standard InChI is InChI=1S/C11H19NO6S/c1-3-18-9(13)6-7-19(16,17)12-11(2,10(14)15)8-4-5-8/h8,12H,3-7H2,1-2H3,(H,14,15). The number of hydrogen-bond acceptors (Lipinski definition) is 5. The number of hydrogen-bond donors (Lipinski definition) is 2. The smallest absolute Gasteiger partial charge is 0.324 e. The van der Waals surface area contributed by atoms with Gasteiger partial charge in [0.05, 0.1) is 18.8 Å². The summed E-state index contributed by atoms with van der Waals surface area (Å²) < 4.78 is 30.4. The highest BCUT2D eigenvalue weighted by Gasteiger charge is 2.49. The van der Waals surface area contributed by atoms with Crippen LogP contribution >= 0.6 is 0 Å². The first-order valence-electron chi connectivity index (χ1n) is 6.12. The fourth-order valence-electron chi connectivity index (χ4n) is 1.79. The van der Waals surface area contributed by atoms with Crippen molar-refractivity contribution < 1.29 is 27.9 Å². The summed E-state index contributed by atoms with van der Waals surface area (Å²) in [5.74, 6) is -2.48. The van der Waals surface area contributed by atoms with E-state index in [1.807, 2.05) is 0 Å². The minimum absolute atomic E-state index is 0.182. The van der Waals surface area contributed by atoms with E-state index in [1.54, 1.807) is 6.92 Å².